The summed E-state index contributed by atoms with van der Waals surface area (Å²) in [5.41, 5.74) is 0.967. The highest BCUT2D eigenvalue weighted by atomic mass is 16.5. The molecule has 2 heterocycles. The minimum atomic E-state index is -0.676. The maximum atomic E-state index is 12.1. The monoisotopic (exact) mass is 364 g/mol. The number of ketones is 1. The van der Waals surface area contributed by atoms with E-state index in [0.717, 1.165) is 0 Å². The molecule has 0 unspecified atom stereocenters. The summed E-state index contributed by atoms with van der Waals surface area (Å²) in [7, 11) is 0. The van der Waals surface area contributed by atoms with E-state index in [2.05, 4.69) is 15.4 Å². The van der Waals surface area contributed by atoms with Crippen LogP contribution < -0.4 is 5.32 Å². The van der Waals surface area contributed by atoms with Crippen LogP contribution in [-0.2, 0) is 9.53 Å². The third-order valence-electron chi connectivity index (χ3n) is 3.64. The first-order valence-electron chi connectivity index (χ1n) is 8.07. The van der Waals surface area contributed by atoms with Crippen LogP contribution in [-0.4, -0.2) is 39.0 Å². The van der Waals surface area contributed by atoms with Crippen molar-refractivity contribution in [3.05, 3.63) is 72.2 Å². The molecule has 0 aliphatic rings. The van der Waals surface area contributed by atoms with Crippen molar-refractivity contribution in [2.24, 2.45) is 0 Å². The van der Waals surface area contributed by atoms with E-state index < -0.39 is 18.5 Å². The summed E-state index contributed by atoms with van der Waals surface area (Å²) in [5, 5.41) is 6.60. The van der Waals surface area contributed by atoms with Crippen molar-refractivity contribution in [2.45, 2.75) is 6.92 Å². The van der Waals surface area contributed by atoms with E-state index in [9.17, 15) is 14.4 Å². The number of anilines is 1. The summed E-state index contributed by atoms with van der Waals surface area (Å²) in [6.45, 7) is 0.927. The number of pyridine rings is 1. The highest BCUT2D eigenvalue weighted by Crippen LogP contribution is 2.15. The molecule has 0 atom stereocenters. The van der Waals surface area contributed by atoms with Crippen molar-refractivity contribution < 1.29 is 19.1 Å². The summed E-state index contributed by atoms with van der Waals surface area (Å²) in [6.07, 6.45) is 4.69. The number of aromatic nitrogens is 3. The first-order chi connectivity index (χ1) is 13.0. The molecular formula is C19H16N4O4. The van der Waals surface area contributed by atoms with Gasteiger partial charge in [0.05, 0.1) is 11.3 Å². The number of nitrogens with zero attached hydrogens (tertiary/aromatic N) is 3. The van der Waals surface area contributed by atoms with Gasteiger partial charge in [-0.25, -0.2) is 14.5 Å². The average molecular weight is 364 g/mol. The van der Waals surface area contributed by atoms with Gasteiger partial charge < -0.3 is 10.1 Å². The molecule has 0 aliphatic heterocycles. The maximum Gasteiger partial charge on any atom is 0.340 e. The minimum absolute atomic E-state index is 0.175. The van der Waals surface area contributed by atoms with Gasteiger partial charge in [0.15, 0.2) is 18.2 Å². The quantitative estimate of drug-likeness (QED) is 0.532. The van der Waals surface area contributed by atoms with Gasteiger partial charge in [-0.1, -0.05) is 12.1 Å². The van der Waals surface area contributed by atoms with Crippen LogP contribution in [0.25, 0.3) is 5.82 Å². The first kappa shape index (κ1) is 18.0. The molecule has 0 bridgehead atoms. The Morgan fingerprint density at radius 1 is 1.11 bits per heavy atom. The molecule has 0 fully saturated rings. The molecule has 136 valence electrons. The van der Waals surface area contributed by atoms with Gasteiger partial charge in [0.2, 0.25) is 0 Å². The Bertz CT molecular complexity index is 966. The molecule has 8 heteroatoms. The van der Waals surface area contributed by atoms with Gasteiger partial charge in [-0.15, -0.1) is 0 Å². The normalized spacial score (nSPS) is 10.3. The van der Waals surface area contributed by atoms with Gasteiger partial charge in [-0.2, -0.15) is 5.10 Å². The van der Waals surface area contributed by atoms with Gasteiger partial charge >= 0.3 is 5.97 Å². The standard InChI is InChI=1S/C19H16N4O4/c1-13(24)15-5-2-3-6-16(15)22-18(25)12-27-19(26)14-7-8-17(20-11-14)23-10-4-9-21-23/h2-11H,12H2,1H3,(H,22,25). The lowest BCUT2D eigenvalue weighted by Crippen LogP contribution is -2.22. The van der Waals surface area contributed by atoms with Crippen LogP contribution in [0, 0.1) is 0 Å². The average Bonchev–Trinajstić information content (AvgIpc) is 3.21. The molecule has 3 rings (SSSR count). The van der Waals surface area contributed by atoms with E-state index in [1.807, 2.05) is 0 Å². The third kappa shape index (κ3) is 4.43. The van der Waals surface area contributed by atoms with Gasteiger partial charge in [0.1, 0.15) is 0 Å². The predicted octanol–water partition coefficient (Wildman–Crippen LogP) is 2.27. The van der Waals surface area contributed by atoms with E-state index in [0.29, 0.717) is 17.1 Å². The molecule has 0 saturated carbocycles. The zero-order chi connectivity index (χ0) is 19.2. The van der Waals surface area contributed by atoms with E-state index in [1.165, 1.54) is 19.2 Å². The summed E-state index contributed by atoms with van der Waals surface area (Å²) >= 11 is 0. The zero-order valence-electron chi connectivity index (χ0n) is 14.5. The van der Waals surface area contributed by atoms with Crippen LogP contribution in [0.4, 0.5) is 5.69 Å². The lowest BCUT2D eigenvalue weighted by Gasteiger charge is -2.09. The fourth-order valence-electron chi connectivity index (χ4n) is 2.35. The van der Waals surface area contributed by atoms with Crippen molar-refractivity contribution in [1.29, 1.82) is 0 Å². The van der Waals surface area contributed by atoms with Crippen LogP contribution in [0.2, 0.25) is 0 Å². The third-order valence-corrected chi connectivity index (χ3v) is 3.64. The molecule has 0 radical (unpaired) electrons. The summed E-state index contributed by atoms with van der Waals surface area (Å²) in [6, 6.07) is 11.5. The van der Waals surface area contributed by atoms with E-state index >= 15 is 0 Å². The molecule has 1 N–H and O–H groups in total. The zero-order valence-corrected chi connectivity index (χ0v) is 14.5. The SMILES string of the molecule is CC(=O)c1ccccc1NC(=O)COC(=O)c1ccc(-n2cccn2)nc1. The number of hydrogen-bond donors (Lipinski definition) is 1. The van der Waals surface area contributed by atoms with E-state index in [4.69, 9.17) is 4.74 Å². The molecule has 3 aromatic rings. The molecule has 8 nitrogen and oxygen atoms in total. The number of nitrogens with one attached hydrogen (secondary N) is 1. The second kappa shape index (κ2) is 8.05. The Labute approximate surface area is 154 Å². The molecule has 0 spiro atoms. The minimum Gasteiger partial charge on any atom is -0.452 e. The molecule has 27 heavy (non-hydrogen) atoms. The molecule has 0 saturated heterocycles. The van der Waals surface area contributed by atoms with Crippen LogP contribution >= 0.6 is 0 Å². The second-order valence-electron chi connectivity index (χ2n) is 5.58. The van der Waals surface area contributed by atoms with Crippen molar-refractivity contribution in [3.8, 4) is 5.82 Å². The summed E-state index contributed by atoms with van der Waals surface area (Å²) < 4.78 is 6.55. The van der Waals surface area contributed by atoms with Crippen molar-refractivity contribution in [1.82, 2.24) is 14.8 Å². The molecule has 1 amide bonds. The Morgan fingerprint density at radius 2 is 1.93 bits per heavy atom. The molecule has 1 aromatic carbocycles. The fourth-order valence-corrected chi connectivity index (χ4v) is 2.35. The molecule has 0 aliphatic carbocycles. The van der Waals surface area contributed by atoms with Crippen molar-refractivity contribution >= 4 is 23.3 Å². The largest absolute Gasteiger partial charge is 0.452 e. The number of carbonyl (C=O) groups is 3. The van der Waals surface area contributed by atoms with Crippen molar-refractivity contribution in [2.75, 3.05) is 11.9 Å². The Kier molecular flexibility index (Phi) is 5.36. The highest BCUT2D eigenvalue weighted by molar-refractivity contribution is 6.04. The van der Waals surface area contributed by atoms with Gasteiger partial charge in [0.25, 0.3) is 5.91 Å². The van der Waals surface area contributed by atoms with Crippen LogP contribution in [0.15, 0.2) is 61.1 Å². The number of amides is 1. The number of benzene rings is 1. The Morgan fingerprint density at radius 3 is 2.59 bits per heavy atom. The Balaban J connectivity index is 1.57. The summed E-state index contributed by atoms with van der Waals surface area (Å²) in [4.78, 5) is 39.8. The number of Topliss-reactive ketones (excluding diaryl/α,β-unsaturated/α-hetero) is 1. The van der Waals surface area contributed by atoms with Crippen LogP contribution in [0.1, 0.15) is 27.6 Å². The first-order valence-corrected chi connectivity index (χ1v) is 8.07. The predicted molar refractivity (Wildman–Crippen MR) is 96.7 cm³/mol. The highest BCUT2D eigenvalue weighted by Gasteiger charge is 2.13. The second-order valence-corrected chi connectivity index (χ2v) is 5.58. The van der Waals surface area contributed by atoms with Gasteiger partial charge in [0, 0.05) is 24.2 Å². The molecular weight excluding hydrogens is 348 g/mol. The van der Waals surface area contributed by atoms with Crippen molar-refractivity contribution in [3.63, 3.8) is 0 Å². The maximum absolute atomic E-state index is 12.1. The van der Waals surface area contributed by atoms with Crippen LogP contribution in [0.5, 0.6) is 0 Å². The van der Waals surface area contributed by atoms with Crippen LogP contribution in [0.3, 0.4) is 0 Å². The number of esters is 1. The molecule has 2 aromatic heterocycles. The number of ether oxygens (including phenoxy) is 1. The van der Waals surface area contributed by atoms with E-state index in [1.54, 1.807) is 53.5 Å². The topological polar surface area (TPSA) is 103 Å². The summed E-state index contributed by atoms with van der Waals surface area (Å²) in [5.74, 6) is -0.843. The lowest BCUT2D eigenvalue weighted by atomic mass is 10.1. The Hall–Kier alpha value is -3.81. The lowest BCUT2D eigenvalue weighted by molar-refractivity contribution is -0.119. The van der Waals surface area contributed by atoms with E-state index in [-0.39, 0.29) is 11.3 Å². The number of para-hydroxylation sites is 1. The van der Waals surface area contributed by atoms with Gasteiger partial charge in [-0.05, 0) is 37.3 Å². The number of rotatable bonds is 6. The number of hydrogen-bond acceptors (Lipinski definition) is 6. The fraction of sp³-hybridized carbons (Fsp3) is 0.105. The smallest absolute Gasteiger partial charge is 0.340 e. The number of carbonyl (C=O) groups excluding carboxylic acids is 3. The van der Waals surface area contributed by atoms with Gasteiger partial charge in [-0.3, -0.25) is 9.59 Å².